The molecular weight excluding hydrogens is 268 g/mol. The van der Waals surface area contributed by atoms with E-state index < -0.39 is 11.6 Å². The third kappa shape index (κ3) is 3.12. The molecule has 0 spiro atoms. The van der Waals surface area contributed by atoms with E-state index in [-0.39, 0.29) is 18.2 Å². The molecule has 2 rings (SSSR count). The van der Waals surface area contributed by atoms with E-state index in [1.54, 1.807) is 26.0 Å². The van der Waals surface area contributed by atoms with Crippen LogP contribution in [0.5, 0.6) is 0 Å². The second kappa shape index (κ2) is 5.68. The van der Waals surface area contributed by atoms with Gasteiger partial charge in [0.1, 0.15) is 5.54 Å². The Labute approximate surface area is 124 Å². The van der Waals surface area contributed by atoms with Crippen LogP contribution in [0.3, 0.4) is 0 Å². The molecule has 1 aromatic carbocycles. The number of nitrogens with one attached hydrogen (secondary N) is 1. The molecular formula is C16H20N2O3. The molecule has 3 amide bonds. The summed E-state index contributed by atoms with van der Waals surface area (Å²) in [7, 11) is 0. The number of rotatable bonds is 5. The first-order valence-electron chi connectivity index (χ1n) is 7.11. The first kappa shape index (κ1) is 15.2. The predicted molar refractivity (Wildman–Crippen MR) is 79.1 cm³/mol. The van der Waals surface area contributed by atoms with Crippen LogP contribution in [0, 0.1) is 0 Å². The summed E-state index contributed by atoms with van der Waals surface area (Å²) in [5.41, 5.74) is 0.743. The highest BCUT2D eigenvalue weighted by atomic mass is 16.2. The Bertz CT molecular complexity index is 576. The van der Waals surface area contributed by atoms with E-state index in [1.165, 1.54) is 5.56 Å². The number of hydrogen-bond acceptors (Lipinski definition) is 3. The third-order valence-electron chi connectivity index (χ3n) is 3.56. The summed E-state index contributed by atoms with van der Waals surface area (Å²) >= 11 is 0. The lowest BCUT2D eigenvalue weighted by Gasteiger charge is -2.15. The number of amides is 3. The Morgan fingerprint density at radius 1 is 1.19 bits per heavy atom. The summed E-state index contributed by atoms with van der Waals surface area (Å²) in [5.74, 6) is -0.609. The minimum absolute atomic E-state index is 0.221. The fourth-order valence-electron chi connectivity index (χ4n) is 2.34. The Morgan fingerprint density at radius 3 is 2.29 bits per heavy atom. The molecule has 1 heterocycles. The van der Waals surface area contributed by atoms with Crippen molar-refractivity contribution in [3.63, 3.8) is 0 Å². The van der Waals surface area contributed by atoms with Crippen molar-refractivity contribution < 1.29 is 14.4 Å². The maximum Gasteiger partial charge on any atom is 0.325 e. The molecule has 1 saturated heterocycles. The minimum atomic E-state index is -0.942. The quantitative estimate of drug-likeness (QED) is 0.667. The van der Waals surface area contributed by atoms with Crippen LogP contribution in [0.2, 0.25) is 0 Å². The van der Waals surface area contributed by atoms with Gasteiger partial charge in [0.25, 0.3) is 5.91 Å². The van der Waals surface area contributed by atoms with Crippen LogP contribution in [-0.4, -0.2) is 34.7 Å². The minimum Gasteiger partial charge on any atom is -0.324 e. The first-order chi connectivity index (χ1) is 9.85. The van der Waals surface area contributed by atoms with Gasteiger partial charge in [-0.05, 0) is 25.8 Å². The summed E-state index contributed by atoms with van der Waals surface area (Å²) in [4.78, 5) is 37.0. The van der Waals surface area contributed by atoms with Gasteiger partial charge in [0, 0.05) is 5.56 Å². The van der Waals surface area contributed by atoms with E-state index in [9.17, 15) is 14.4 Å². The lowest BCUT2D eigenvalue weighted by molar-refractivity contribution is -0.129. The van der Waals surface area contributed by atoms with Crippen LogP contribution in [0.4, 0.5) is 4.79 Å². The summed E-state index contributed by atoms with van der Waals surface area (Å²) in [6.45, 7) is 5.12. The predicted octanol–water partition coefficient (Wildman–Crippen LogP) is 2.15. The molecule has 112 valence electrons. The SMILES string of the molecule is CCCc1ccc(C(=O)CN2C(=O)NC(C)(C)C2=O)cc1. The number of urea groups is 1. The second-order valence-corrected chi connectivity index (χ2v) is 5.82. The lowest BCUT2D eigenvalue weighted by Crippen LogP contribution is -2.41. The van der Waals surface area contributed by atoms with Gasteiger partial charge in [0.2, 0.25) is 0 Å². The van der Waals surface area contributed by atoms with Crippen molar-refractivity contribution in [1.29, 1.82) is 0 Å². The topological polar surface area (TPSA) is 66.5 Å². The summed E-state index contributed by atoms with van der Waals surface area (Å²) in [6.07, 6.45) is 2.01. The third-order valence-corrected chi connectivity index (χ3v) is 3.56. The van der Waals surface area contributed by atoms with Crippen LogP contribution in [0.15, 0.2) is 24.3 Å². The van der Waals surface area contributed by atoms with Crippen LogP contribution in [0.1, 0.15) is 43.1 Å². The highest BCUT2D eigenvalue weighted by molar-refractivity contribution is 6.10. The number of nitrogens with zero attached hydrogens (tertiary/aromatic N) is 1. The van der Waals surface area contributed by atoms with Crippen LogP contribution in [-0.2, 0) is 11.2 Å². The van der Waals surface area contributed by atoms with Crippen molar-refractivity contribution in [2.24, 2.45) is 0 Å². The Hall–Kier alpha value is -2.17. The van der Waals surface area contributed by atoms with E-state index in [2.05, 4.69) is 12.2 Å². The second-order valence-electron chi connectivity index (χ2n) is 5.82. The number of carbonyl (C=O) groups is 3. The highest BCUT2D eigenvalue weighted by Crippen LogP contribution is 2.17. The molecule has 1 aliphatic heterocycles. The van der Waals surface area contributed by atoms with Crippen LogP contribution in [0.25, 0.3) is 0 Å². The van der Waals surface area contributed by atoms with Crippen molar-refractivity contribution in [3.8, 4) is 0 Å². The Balaban J connectivity index is 2.08. The summed E-state index contributed by atoms with van der Waals surface area (Å²) in [6, 6.07) is 6.80. The van der Waals surface area contributed by atoms with Gasteiger partial charge >= 0.3 is 6.03 Å². The number of carbonyl (C=O) groups excluding carboxylic acids is 3. The molecule has 5 heteroatoms. The van der Waals surface area contributed by atoms with Crippen molar-refractivity contribution in [2.75, 3.05) is 6.54 Å². The zero-order valence-electron chi connectivity index (χ0n) is 12.6. The Kier molecular flexibility index (Phi) is 4.11. The van der Waals surface area contributed by atoms with Gasteiger partial charge in [-0.3, -0.25) is 14.5 Å². The Morgan fingerprint density at radius 2 is 1.81 bits per heavy atom. The number of Topliss-reactive ketones (excluding diaryl/α,β-unsaturated/α-hetero) is 1. The molecule has 1 aromatic rings. The van der Waals surface area contributed by atoms with E-state index in [1.807, 2.05) is 12.1 Å². The molecule has 0 saturated carbocycles. The zero-order valence-corrected chi connectivity index (χ0v) is 12.6. The van der Waals surface area contributed by atoms with Crippen molar-refractivity contribution in [3.05, 3.63) is 35.4 Å². The smallest absolute Gasteiger partial charge is 0.324 e. The number of benzene rings is 1. The van der Waals surface area contributed by atoms with E-state index in [0.717, 1.165) is 17.7 Å². The van der Waals surface area contributed by atoms with Gasteiger partial charge < -0.3 is 5.32 Å². The molecule has 0 radical (unpaired) electrons. The largest absolute Gasteiger partial charge is 0.325 e. The summed E-state index contributed by atoms with van der Waals surface area (Å²) in [5, 5.41) is 2.56. The molecule has 1 fully saturated rings. The molecule has 0 aliphatic carbocycles. The van der Waals surface area contributed by atoms with E-state index in [4.69, 9.17) is 0 Å². The molecule has 0 atom stereocenters. The fourth-order valence-corrected chi connectivity index (χ4v) is 2.34. The first-order valence-corrected chi connectivity index (χ1v) is 7.11. The summed E-state index contributed by atoms with van der Waals surface area (Å²) < 4.78 is 0. The molecule has 0 unspecified atom stereocenters. The van der Waals surface area contributed by atoms with Gasteiger partial charge in [0.15, 0.2) is 5.78 Å². The van der Waals surface area contributed by atoms with Gasteiger partial charge in [-0.15, -0.1) is 0 Å². The standard InChI is InChI=1S/C16H20N2O3/c1-4-5-11-6-8-12(9-7-11)13(19)10-18-14(20)16(2,3)17-15(18)21/h6-9H,4-5,10H2,1-3H3,(H,17,21). The zero-order chi connectivity index (χ0) is 15.6. The normalized spacial score (nSPS) is 17.0. The van der Waals surface area contributed by atoms with Crippen molar-refractivity contribution >= 4 is 17.7 Å². The fraction of sp³-hybridized carbons (Fsp3) is 0.438. The van der Waals surface area contributed by atoms with Gasteiger partial charge in [-0.2, -0.15) is 0 Å². The highest BCUT2D eigenvalue weighted by Gasteiger charge is 2.44. The monoisotopic (exact) mass is 288 g/mol. The maximum atomic E-state index is 12.2. The lowest BCUT2D eigenvalue weighted by atomic mass is 10.0. The van der Waals surface area contributed by atoms with Crippen LogP contribution >= 0.6 is 0 Å². The van der Waals surface area contributed by atoms with Crippen molar-refractivity contribution in [2.45, 2.75) is 39.2 Å². The van der Waals surface area contributed by atoms with E-state index >= 15 is 0 Å². The number of aryl methyl sites for hydroxylation is 1. The number of hydrogen-bond donors (Lipinski definition) is 1. The van der Waals surface area contributed by atoms with Gasteiger partial charge in [-0.1, -0.05) is 37.6 Å². The maximum absolute atomic E-state index is 12.2. The number of ketones is 1. The molecule has 0 bridgehead atoms. The molecule has 1 N–H and O–H groups in total. The number of imide groups is 1. The molecule has 0 aromatic heterocycles. The van der Waals surface area contributed by atoms with Crippen LogP contribution < -0.4 is 5.32 Å². The average molecular weight is 288 g/mol. The molecule has 21 heavy (non-hydrogen) atoms. The van der Waals surface area contributed by atoms with Gasteiger partial charge in [-0.25, -0.2) is 4.79 Å². The van der Waals surface area contributed by atoms with E-state index in [0.29, 0.717) is 5.56 Å². The molecule has 1 aliphatic rings. The average Bonchev–Trinajstić information content (AvgIpc) is 2.62. The molecule has 5 nitrogen and oxygen atoms in total. The van der Waals surface area contributed by atoms with Gasteiger partial charge in [0.05, 0.1) is 6.54 Å². The van der Waals surface area contributed by atoms with Crippen molar-refractivity contribution in [1.82, 2.24) is 10.2 Å².